The Labute approximate surface area is 206 Å². The van der Waals surface area contributed by atoms with E-state index in [0.717, 1.165) is 37.6 Å². The molecule has 0 amide bonds. The Morgan fingerprint density at radius 1 is 0.686 bits per heavy atom. The fraction of sp³-hybridized carbons (Fsp3) is 0.226. The van der Waals surface area contributed by atoms with Gasteiger partial charge in [-0.25, -0.2) is 0 Å². The summed E-state index contributed by atoms with van der Waals surface area (Å²) in [5.41, 5.74) is 5.90. The van der Waals surface area contributed by atoms with E-state index in [0.29, 0.717) is 13.1 Å². The highest BCUT2D eigenvalue weighted by Gasteiger charge is 2.24. The normalized spacial score (nSPS) is 15.6. The van der Waals surface area contributed by atoms with E-state index < -0.39 is 6.10 Å². The monoisotopic (exact) mass is 462 g/mol. The van der Waals surface area contributed by atoms with E-state index in [2.05, 4.69) is 107 Å². The van der Waals surface area contributed by atoms with Crippen molar-refractivity contribution in [3.63, 3.8) is 0 Å². The van der Waals surface area contributed by atoms with Crippen molar-refractivity contribution < 1.29 is 9.84 Å². The highest BCUT2D eigenvalue weighted by Crippen LogP contribution is 2.43. The van der Waals surface area contributed by atoms with E-state index in [1.807, 2.05) is 0 Å². The van der Waals surface area contributed by atoms with E-state index >= 15 is 0 Å². The fourth-order valence-corrected chi connectivity index (χ4v) is 5.45. The largest absolute Gasteiger partial charge is 0.390 e. The summed E-state index contributed by atoms with van der Waals surface area (Å²) in [5, 5.41) is 15.0. The number of aliphatic hydroxyl groups excluding tert-OH is 1. The van der Waals surface area contributed by atoms with E-state index in [9.17, 15) is 5.11 Å². The Morgan fingerprint density at radius 3 is 2.09 bits per heavy atom. The van der Waals surface area contributed by atoms with Crippen LogP contribution >= 0.6 is 0 Å². The number of benzene rings is 4. The average molecular weight is 463 g/mol. The topological polar surface area (TPSA) is 37.6 Å². The predicted octanol–water partition coefficient (Wildman–Crippen LogP) is 5.82. The second kappa shape index (κ2) is 9.67. The zero-order valence-corrected chi connectivity index (χ0v) is 19.8. The molecule has 35 heavy (non-hydrogen) atoms. The lowest BCUT2D eigenvalue weighted by molar-refractivity contribution is 0.0118. The molecule has 0 unspecified atom stereocenters. The molecule has 1 N–H and O–H groups in total. The SMILES string of the molecule is O[C@@H](CN1CCOCC1)Cn1c(-c2ccccc2)c(-c2ccccc2)c2ccc3ccccc3c21. The molecule has 1 aliphatic rings. The van der Waals surface area contributed by atoms with E-state index in [1.54, 1.807) is 0 Å². The van der Waals surface area contributed by atoms with Crippen LogP contribution in [0.2, 0.25) is 0 Å². The Balaban J connectivity index is 1.59. The van der Waals surface area contributed by atoms with E-state index in [4.69, 9.17) is 4.74 Å². The van der Waals surface area contributed by atoms with Gasteiger partial charge in [0.15, 0.2) is 0 Å². The summed E-state index contributed by atoms with van der Waals surface area (Å²) < 4.78 is 7.87. The molecule has 1 fully saturated rings. The molecule has 1 aromatic heterocycles. The summed E-state index contributed by atoms with van der Waals surface area (Å²) >= 11 is 0. The molecule has 0 spiro atoms. The van der Waals surface area contributed by atoms with Crippen LogP contribution in [0.5, 0.6) is 0 Å². The third-order valence-electron chi connectivity index (χ3n) is 7.02. The fourth-order valence-electron chi connectivity index (χ4n) is 5.45. The van der Waals surface area contributed by atoms with Crippen LogP contribution in [0.4, 0.5) is 0 Å². The minimum atomic E-state index is -0.492. The summed E-state index contributed by atoms with van der Waals surface area (Å²) in [7, 11) is 0. The summed E-state index contributed by atoms with van der Waals surface area (Å²) in [6.45, 7) is 4.37. The third kappa shape index (κ3) is 4.25. The van der Waals surface area contributed by atoms with Crippen LogP contribution in [0.15, 0.2) is 97.1 Å². The maximum Gasteiger partial charge on any atom is 0.0846 e. The van der Waals surface area contributed by atoms with Crippen LogP contribution in [-0.2, 0) is 11.3 Å². The lowest BCUT2D eigenvalue weighted by Gasteiger charge is -2.29. The first-order chi connectivity index (χ1) is 17.3. The van der Waals surface area contributed by atoms with Crippen molar-refractivity contribution in [3.8, 4) is 22.4 Å². The standard InChI is InChI=1S/C31H30N2O2/c34-26(21-32-17-19-35-20-18-32)22-33-30(25-12-5-2-6-13-25)29(24-10-3-1-4-11-24)28-16-15-23-9-7-8-14-27(23)31(28)33/h1-16,26,34H,17-22H2/t26-/m0/s1. The smallest absolute Gasteiger partial charge is 0.0846 e. The number of ether oxygens (including phenoxy) is 1. The summed E-state index contributed by atoms with van der Waals surface area (Å²) in [6, 6.07) is 34.2. The molecule has 1 saturated heterocycles. The molecule has 5 aromatic rings. The number of fused-ring (bicyclic) bond motifs is 3. The van der Waals surface area contributed by atoms with Gasteiger partial charge in [0.2, 0.25) is 0 Å². The van der Waals surface area contributed by atoms with Gasteiger partial charge in [-0.1, -0.05) is 97.1 Å². The maximum atomic E-state index is 11.3. The highest BCUT2D eigenvalue weighted by molar-refractivity contribution is 6.15. The third-order valence-corrected chi connectivity index (χ3v) is 7.02. The summed E-state index contributed by atoms with van der Waals surface area (Å²) in [5.74, 6) is 0. The van der Waals surface area contributed by atoms with Crippen LogP contribution < -0.4 is 0 Å². The number of β-amino-alcohol motifs (C(OH)–C–C–N with tert-alkyl or cyclic N) is 1. The number of rotatable bonds is 6. The van der Waals surface area contributed by atoms with Gasteiger partial charge in [-0.2, -0.15) is 0 Å². The van der Waals surface area contributed by atoms with Crippen molar-refractivity contribution in [1.29, 1.82) is 0 Å². The molecule has 0 saturated carbocycles. The van der Waals surface area contributed by atoms with Gasteiger partial charge in [0, 0.05) is 36.0 Å². The van der Waals surface area contributed by atoms with Gasteiger partial charge in [-0.3, -0.25) is 4.90 Å². The number of aromatic nitrogens is 1. The zero-order chi connectivity index (χ0) is 23.6. The number of aliphatic hydroxyl groups is 1. The van der Waals surface area contributed by atoms with Gasteiger partial charge in [-0.05, 0) is 16.5 Å². The lowest BCUT2D eigenvalue weighted by Crippen LogP contribution is -2.42. The second-order valence-electron chi connectivity index (χ2n) is 9.32. The first kappa shape index (κ1) is 22.1. The van der Waals surface area contributed by atoms with E-state index in [-0.39, 0.29) is 0 Å². The van der Waals surface area contributed by atoms with Gasteiger partial charge in [0.05, 0.1) is 37.1 Å². The van der Waals surface area contributed by atoms with Crippen LogP contribution in [0.1, 0.15) is 0 Å². The van der Waals surface area contributed by atoms with Crippen LogP contribution in [0.3, 0.4) is 0 Å². The molecule has 1 aliphatic heterocycles. The average Bonchev–Trinajstić information content (AvgIpc) is 3.24. The number of morpholine rings is 1. The first-order valence-electron chi connectivity index (χ1n) is 12.4. The maximum absolute atomic E-state index is 11.3. The van der Waals surface area contributed by atoms with Crippen molar-refractivity contribution in [1.82, 2.24) is 9.47 Å². The zero-order valence-electron chi connectivity index (χ0n) is 19.8. The minimum absolute atomic E-state index is 0.492. The van der Waals surface area contributed by atoms with Crippen molar-refractivity contribution in [2.45, 2.75) is 12.6 Å². The number of hydrogen-bond acceptors (Lipinski definition) is 3. The molecule has 4 nitrogen and oxygen atoms in total. The molecule has 2 heterocycles. The Morgan fingerprint density at radius 2 is 1.34 bits per heavy atom. The number of nitrogens with zero attached hydrogens (tertiary/aromatic N) is 2. The molecule has 176 valence electrons. The lowest BCUT2D eigenvalue weighted by atomic mass is 9.97. The molecule has 0 aliphatic carbocycles. The molecule has 6 rings (SSSR count). The molecule has 1 atom stereocenters. The first-order valence-corrected chi connectivity index (χ1v) is 12.4. The number of hydrogen-bond donors (Lipinski definition) is 1. The molecule has 0 bridgehead atoms. The second-order valence-corrected chi connectivity index (χ2v) is 9.32. The Hall–Kier alpha value is -3.44. The van der Waals surface area contributed by atoms with Crippen molar-refractivity contribution >= 4 is 21.7 Å². The van der Waals surface area contributed by atoms with Gasteiger partial charge >= 0.3 is 0 Å². The van der Waals surface area contributed by atoms with Crippen molar-refractivity contribution in [3.05, 3.63) is 97.1 Å². The summed E-state index contributed by atoms with van der Waals surface area (Å²) in [4.78, 5) is 2.30. The van der Waals surface area contributed by atoms with Crippen LogP contribution in [-0.4, -0.2) is 53.5 Å². The Kier molecular flexibility index (Phi) is 6.09. The van der Waals surface area contributed by atoms with Crippen molar-refractivity contribution in [2.24, 2.45) is 0 Å². The quantitative estimate of drug-likeness (QED) is 0.345. The van der Waals surface area contributed by atoms with Crippen molar-refractivity contribution in [2.75, 3.05) is 32.8 Å². The predicted molar refractivity (Wildman–Crippen MR) is 144 cm³/mol. The van der Waals surface area contributed by atoms with Gasteiger partial charge in [0.1, 0.15) is 0 Å². The minimum Gasteiger partial charge on any atom is -0.390 e. The summed E-state index contributed by atoms with van der Waals surface area (Å²) in [6.07, 6.45) is -0.492. The van der Waals surface area contributed by atoms with Crippen LogP contribution in [0.25, 0.3) is 44.1 Å². The van der Waals surface area contributed by atoms with Crippen LogP contribution in [0, 0.1) is 0 Å². The molecular weight excluding hydrogens is 432 g/mol. The molecule has 4 heteroatoms. The van der Waals surface area contributed by atoms with Gasteiger partial charge in [0.25, 0.3) is 0 Å². The molecule has 0 radical (unpaired) electrons. The molecule has 4 aromatic carbocycles. The Bertz CT molecular complexity index is 1440. The van der Waals surface area contributed by atoms with E-state index in [1.165, 1.54) is 32.8 Å². The van der Waals surface area contributed by atoms with Gasteiger partial charge in [-0.15, -0.1) is 0 Å². The highest BCUT2D eigenvalue weighted by atomic mass is 16.5. The molecular formula is C31H30N2O2. The van der Waals surface area contributed by atoms with Gasteiger partial charge < -0.3 is 14.4 Å².